The van der Waals surface area contributed by atoms with Gasteiger partial charge in [-0.15, -0.1) is 0 Å². The van der Waals surface area contributed by atoms with Gasteiger partial charge in [-0.1, -0.05) is 0 Å². The van der Waals surface area contributed by atoms with E-state index in [9.17, 15) is 10.2 Å². The van der Waals surface area contributed by atoms with Crippen LogP contribution in [0.25, 0.3) is 11.0 Å². The normalized spacial score (nSPS) is 28.9. The molecule has 3 rings (SSSR count). The van der Waals surface area contributed by atoms with E-state index in [2.05, 4.69) is 9.97 Å². The van der Waals surface area contributed by atoms with E-state index in [4.69, 9.17) is 20.8 Å². The number of hydrogen-bond donors (Lipinski definition) is 4. The quantitative estimate of drug-likeness (QED) is 0.521. The molecule has 0 spiro atoms. The van der Waals surface area contributed by atoms with Gasteiger partial charge >= 0.3 is 0 Å². The van der Waals surface area contributed by atoms with Crippen LogP contribution >= 0.6 is 0 Å². The van der Waals surface area contributed by atoms with Crippen molar-refractivity contribution in [3.05, 3.63) is 18.1 Å². The molecule has 21 heavy (non-hydrogen) atoms. The lowest BCUT2D eigenvalue weighted by molar-refractivity contribution is -0.0508. The van der Waals surface area contributed by atoms with E-state index in [-0.39, 0.29) is 11.4 Å². The van der Waals surface area contributed by atoms with Gasteiger partial charge in [0.05, 0.1) is 17.6 Å². The number of nitrogens with zero attached hydrogens (tertiary/aromatic N) is 4. The highest BCUT2D eigenvalue weighted by Crippen LogP contribution is 2.34. The summed E-state index contributed by atoms with van der Waals surface area (Å²) >= 11 is 0. The summed E-state index contributed by atoms with van der Waals surface area (Å²) in [6.07, 6.45) is -1.72. The number of hydrogen-bond acceptors (Lipinski definition) is 8. The molecule has 2 aromatic rings. The van der Waals surface area contributed by atoms with Gasteiger partial charge in [-0.05, 0) is 0 Å². The van der Waals surface area contributed by atoms with Gasteiger partial charge in [0.2, 0.25) is 0 Å². The second-order valence-corrected chi connectivity index (χ2v) is 4.75. The van der Waals surface area contributed by atoms with E-state index in [1.165, 1.54) is 17.1 Å². The van der Waals surface area contributed by atoms with Crippen LogP contribution in [0.1, 0.15) is 11.8 Å². The zero-order valence-electron chi connectivity index (χ0n) is 10.8. The molecule has 0 aromatic carbocycles. The Labute approximate surface area is 118 Å². The fourth-order valence-corrected chi connectivity index (χ4v) is 2.50. The average Bonchev–Trinajstić information content (AvgIpc) is 2.99. The van der Waals surface area contributed by atoms with Gasteiger partial charge in [-0.25, -0.2) is 9.97 Å². The molecule has 0 aliphatic carbocycles. The van der Waals surface area contributed by atoms with E-state index in [1.807, 2.05) is 6.07 Å². The van der Waals surface area contributed by atoms with Crippen molar-refractivity contribution < 1.29 is 20.1 Å². The Morgan fingerprint density at radius 3 is 2.76 bits per heavy atom. The molecule has 0 amide bonds. The minimum absolute atomic E-state index is 0.141. The Hall–Kier alpha value is -2.25. The van der Waals surface area contributed by atoms with E-state index in [1.54, 1.807) is 0 Å². The average molecular weight is 291 g/mol. The minimum Gasteiger partial charge on any atom is -0.394 e. The molecule has 1 aliphatic heterocycles. The van der Waals surface area contributed by atoms with Crippen molar-refractivity contribution in [1.29, 1.82) is 5.26 Å². The van der Waals surface area contributed by atoms with Crippen molar-refractivity contribution in [2.75, 3.05) is 12.3 Å². The molecule has 3 heterocycles. The predicted octanol–water partition coefficient (Wildman–Crippen LogP) is -1.50. The van der Waals surface area contributed by atoms with Crippen LogP contribution in [0.5, 0.6) is 0 Å². The fourth-order valence-electron chi connectivity index (χ4n) is 2.50. The van der Waals surface area contributed by atoms with Crippen molar-refractivity contribution in [3.8, 4) is 6.07 Å². The predicted molar refractivity (Wildman–Crippen MR) is 69.7 cm³/mol. The SMILES string of the molecule is N#Cc1cn([C@@H]2O[C@H](CO)[C@H](O)C2O)c2ncnc(N)c12. The summed E-state index contributed by atoms with van der Waals surface area (Å²) < 4.78 is 6.84. The molecule has 4 atom stereocenters. The number of nitrogen functional groups attached to an aromatic ring is 1. The molecular weight excluding hydrogens is 278 g/mol. The van der Waals surface area contributed by atoms with Gasteiger partial charge in [0, 0.05) is 6.20 Å². The third-order valence-corrected chi connectivity index (χ3v) is 3.55. The number of aromatic nitrogens is 3. The molecular formula is C12H13N5O4. The maximum absolute atomic E-state index is 10.1. The summed E-state index contributed by atoms with van der Waals surface area (Å²) in [5.41, 5.74) is 6.30. The third kappa shape index (κ3) is 1.93. The molecule has 1 unspecified atom stereocenters. The highest BCUT2D eigenvalue weighted by molar-refractivity contribution is 5.91. The smallest absolute Gasteiger partial charge is 0.164 e. The van der Waals surface area contributed by atoms with Crippen LogP contribution < -0.4 is 5.73 Å². The van der Waals surface area contributed by atoms with Gasteiger partial charge in [0.25, 0.3) is 0 Å². The monoisotopic (exact) mass is 291 g/mol. The van der Waals surface area contributed by atoms with Crippen LogP contribution in [0.4, 0.5) is 5.82 Å². The van der Waals surface area contributed by atoms with Crippen molar-refractivity contribution in [2.24, 2.45) is 0 Å². The lowest BCUT2D eigenvalue weighted by atomic mass is 10.1. The molecule has 1 aliphatic rings. The Morgan fingerprint density at radius 1 is 1.38 bits per heavy atom. The summed E-state index contributed by atoms with van der Waals surface area (Å²) in [5, 5.41) is 38.5. The zero-order valence-corrected chi connectivity index (χ0v) is 10.8. The van der Waals surface area contributed by atoms with Crippen molar-refractivity contribution in [3.63, 3.8) is 0 Å². The molecule has 110 valence electrons. The van der Waals surface area contributed by atoms with Crippen LogP contribution in [-0.4, -0.2) is 54.8 Å². The Kier molecular flexibility index (Phi) is 3.23. The van der Waals surface area contributed by atoms with Crippen LogP contribution in [0, 0.1) is 11.3 Å². The molecule has 9 nitrogen and oxygen atoms in total. The van der Waals surface area contributed by atoms with Crippen LogP contribution in [0.2, 0.25) is 0 Å². The largest absolute Gasteiger partial charge is 0.394 e. The first-order valence-electron chi connectivity index (χ1n) is 6.22. The molecule has 1 fully saturated rings. The van der Waals surface area contributed by atoms with E-state index < -0.39 is 31.1 Å². The lowest BCUT2D eigenvalue weighted by Crippen LogP contribution is -2.33. The number of rotatable bonds is 2. The standard InChI is InChI=1S/C12H13N5O4/c13-1-5-2-17(11-7(5)10(14)15-4-16-11)12-9(20)8(19)6(3-18)21-12/h2,4,6,8-9,12,18-20H,3H2,(H2,14,15,16)/t6-,8+,9?,12-/m1/s1. The Balaban J connectivity index is 2.14. The second kappa shape index (κ2) is 4.94. The van der Waals surface area contributed by atoms with Gasteiger partial charge in [-0.3, -0.25) is 0 Å². The van der Waals surface area contributed by atoms with Crippen LogP contribution in [0.15, 0.2) is 12.5 Å². The summed E-state index contributed by atoms with van der Waals surface area (Å²) in [7, 11) is 0. The summed E-state index contributed by atoms with van der Waals surface area (Å²) in [6.45, 7) is -0.434. The number of fused-ring (bicyclic) bond motifs is 1. The van der Waals surface area contributed by atoms with Gasteiger partial charge in [0.1, 0.15) is 42.2 Å². The summed E-state index contributed by atoms with van der Waals surface area (Å²) in [4.78, 5) is 7.88. The van der Waals surface area contributed by atoms with Gasteiger partial charge in [-0.2, -0.15) is 5.26 Å². The zero-order chi connectivity index (χ0) is 15.1. The third-order valence-electron chi connectivity index (χ3n) is 3.55. The van der Waals surface area contributed by atoms with Crippen molar-refractivity contribution in [1.82, 2.24) is 14.5 Å². The first-order chi connectivity index (χ1) is 10.1. The van der Waals surface area contributed by atoms with Crippen molar-refractivity contribution >= 4 is 16.9 Å². The first-order valence-corrected chi connectivity index (χ1v) is 6.22. The topological polar surface area (TPSA) is 150 Å². The molecule has 0 bridgehead atoms. The highest BCUT2D eigenvalue weighted by Gasteiger charge is 2.44. The number of nitrogens with two attached hydrogens (primary N) is 1. The number of aliphatic hydroxyl groups is 3. The number of nitriles is 1. The fraction of sp³-hybridized carbons (Fsp3) is 0.417. The minimum atomic E-state index is -1.26. The highest BCUT2D eigenvalue weighted by atomic mass is 16.6. The molecule has 9 heteroatoms. The number of aliphatic hydroxyl groups excluding tert-OH is 3. The summed E-state index contributed by atoms with van der Waals surface area (Å²) in [5.74, 6) is 0.141. The molecule has 0 radical (unpaired) electrons. The Morgan fingerprint density at radius 2 is 2.14 bits per heavy atom. The number of ether oxygens (including phenoxy) is 1. The van der Waals surface area contributed by atoms with E-state index >= 15 is 0 Å². The second-order valence-electron chi connectivity index (χ2n) is 4.75. The van der Waals surface area contributed by atoms with Gasteiger partial charge in [0.15, 0.2) is 6.23 Å². The maximum atomic E-state index is 10.1. The van der Waals surface area contributed by atoms with E-state index in [0.29, 0.717) is 11.0 Å². The van der Waals surface area contributed by atoms with Crippen molar-refractivity contribution in [2.45, 2.75) is 24.5 Å². The Bertz CT molecular complexity index is 724. The van der Waals surface area contributed by atoms with Gasteiger partial charge < -0.3 is 30.4 Å². The molecule has 0 saturated carbocycles. The lowest BCUT2D eigenvalue weighted by Gasteiger charge is -2.17. The van der Waals surface area contributed by atoms with Crippen LogP contribution in [-0.2, 0) is 4.74 Å². The maximum Gasteiger partial charge on any atom is 0.164 e. The molecule has 2 aromatic heterocycles. The van der Waals surface area contributed by atoms with E-state index in [0.717, 1.165) is 0 Å². The summed E-state index contributed by atoms with van der Waals surface area (Å²) in [6, 6.07) is 1.98. The van der Waals surface area contributed by atoms with Crippen LogP contribution in [0.3, 0.4) is 0 Å². The molecule has 1 saturated heterocycles. The number of anilines is 1. The first kappa shape index (κ1) is 13.7. The molecule has 5 N–H and O–H groups in total.